The number of nitrogens with zero attached hydrogens (tertiary/aromatic N) is 3. The van der Waals surface area contributed by atoms with E-state index in [-0.39, 0.29) is 24.3 Å². The summed E-state index contributed by atoms with van der Waals surface area (Å²) >= 11 is 0. The molecule has 0 fully saturated rings. The molecule has 1 aromatic heterocycles. The van der Waals surface area contributed by atoms with Crippen molar-refractivity contribution in [2.45, 2.75) is 52.0 Å². The highest BCUT2D eigenvalue weighted by atomic mass is 16.3. The van der Waals surface area contributed by atoms with Gasteiger partial charge in [-0.2, -0.15) is 5.26 Å². The van der Waals surface area contributed by atoms with E-state index >= 15 is 0 Å². The van der Waals surface area contributed by atoms with Gasteiger partial charge in [-0.15, -0.1) is 0 Å². The molecule has 124 valence electrons. The van der Waals surface area contributed by atoms with Crippen molar-refractivity contribution in [3.8, 4) is 6.19 Å². The quantitative estimate of drug-likeness (QED) is 0.252. The molecule has 0 atom stereocenters. The number of carbonyl (C=O) groups is 1. The summed E-state index contributed by atoms with van der Waals surface area (Å²) in [7, 11) is 0. The first kappa shape index (κ1) is 18.8. The summed E-state index contributed by atoms with van der Waals surface area (Å²) in [6.07, 6.45) is 5.30. The molecule has 1 aromatic rings. The zero-order chi connectivity index (χ0) is 17.3. The SMILES string of the molecule is CCC(C)(C)N=C(Cc1cccnc1C(=O)CCCO)NC#N. The molecule has 0 aliphatic rings. The number of amidine groups is 1. The van der Waals surface area contributed by atoms with Crippen LogP contribution in [-0.2, 0) is 6.42 Å². The topological polar surface area (TPSA) is 98.4 Å². The van der Waals surface area contributed by atoms with Gasteiger partial charge in [0.05, 0.1) is 5.54 Å². The molecule has 0 aromatic carbocycles. The minimum Gasteiger partial charge on any atom is -0.396 e. The molecule has 0 aliphatic carbocycles. The third-order valence-corrected chi connectivity index (χ3v) is 3.58. The number of hydrogen-bond donors (Lipinski definition) is 2. The van der Waals surface area contributed by atoms with Crippen molar-refractivity contribution >= 4 is 11.6 Å². The minimum absolute atomic E-state index is 0.0265. The van der Waals surface area contributed by atoms with Crippen molar-refractivity contribution < 1.29 is 9.90 Å². The Bertz CT molecular complexity index is 603. The number of nitriles is 1. The van der Waals surface area contributed by atoms with E-state index in [9.17, 15) is 4.79 Å². The van der Waals surface area contributed by atoms with Gasteiger partial charge in [-0.3, -0.25) is 20.1 Å². The number of carbonyl (C=O) groups excluding carboxylic acids is 1. The summed E-state index contributed by atoms with van der Waals surface area (Å²) in [5.41, 5.74) is 0.814. The zero-order valence-electron chi connectivity index (χ0n) is 14.0. The normalized spacial score (nSPS) is 11.9. The van der Waals surface area contributed by atoms with Gasteiger partial charge in [-0.25, -0.2) is 0 Å². The van der Waals surface area contributed by atoms with E-state index < -0.39 is 0 Å². The van der Waals surface area contributed by atoms with E-state index in [4.69, 9.17) is 10.4 Å². The fourth-order valence-electron chi connectivity index (χ4n) is 1.99. The summed E-state index contributed by atoms with van der Waals surface area (Å²) in [6.45, 7) is 5.98. The number of aliphatic hydroxyl groups is 1. The Morgan fingerprint density at radius 1 is 1.52 bits per heavy atom. The molecule has 0 unspecified atom stereocenters. The van der Waals surface area contributed by atoms with E-state index in [2.05, 4.69) is 15.3 Å². The van der Waals surface area contributed by atoms with Crippen LogP contribution in [0.2, 0.25) is 0 Å². The van der Waals surface area contributed by atoms with Crippen molar-refractivity contribution in [3.63, 3.8) is 0 Å². The molecule has 0 saturated carbocycles. The maximum Gasteiger partial charge on any atom is 0.182 e. The van der Waals surface area contributed by atoms with Crippen LogP contribution in [0.3, 0.4) is 0 Å². The highest BCUT2D eigenvalue weighted by Gasteiger charge is 2.18. The number of pyridine rings is 1. The Balaban J connectivity index is 3.06. The number of aliphatic imine (C=N–C) groups is 1. The molecule has 23 heavy (non-hydrogen) atoms. The molecule has 0 bridgehead atoms. The average molecular weight is 316 g/mol. The molecule has 1 rings (SSSR count). The third-order valence-electron chi connectivity index (χ3n) is 3.58. The number of aromatic nitrogens is 1. The van der Waals surface area contributed by atoms with Crippen LogP contribution in [0.5, 0.6) is 0 Å². The van der Waals surface area contributed by atoms with Crippen molar-refractivity contribution in [2.75, 3.05) is 6.61 Å². The lowest BCUT2D eigenvalue weighted by Gasteiger charge is -2.19. The van der Waals surface area contributed by atoms with Crippen LogP contribution in [0, 0.1) is 11.5 Å². The predicted octanol–water partition coefficient (Wildman–Crippen LogP) is 2.24. The van der Waals surface area contributed by atoms with E-state index in [1.807, 2.05) is 33.0 Å². The second-order valence-electron chi connectivity index (χ2n) is 5.90. The van der Waals surface area contributed by atoms with Gasteiger partial charge in [0, 0.05) is 25.6 Å². The van der Waals surface area contributed by atoms with Crippen LogP contribution in [0.4, 0.5) is 0 Å². The molecule has 0 saturated heterocycles. The summed E-state index contributed by atoms with van der Waals surface area (Å²) in [5, 5.41) is 20.4. The summed E-state index contributed by atoms with van der Waals surface area (Å²) in [6, 6.07) is 3.57. The van der Waals surface area contributed by atoms with Gasteiger partial charge in [-0.05, 0) is 38.3 Å². The molecular formula is C17H24N4O2. The van der Waals surface area contributed by atoms with Gasteiger partial charge in [0.1, 0.15) is 11.5 Å². The van der Waals surface area contributed by atoms with Gasteiger partial charge in [0.2, 0.25) is 0 Å². The lowest BCUT2D eigenvalue weighted by molar-refractivity contribution is 0.0965. The molecule has 2 N–H and O–H groups in total. The summed E-state index contributed by atoms with van der Waals surface area (Å²) < 4.78 is 0. The zero-order valence-corrected chi connectivity index (χ0v) is 14.0. The van der Waals surface area contributed by atoms with Gasteiger partial charge < -0.3 is 5.11 Å². The summed E-state index contributed by atoms with van der Waals surface area (Å²) in [4.78, 5) is 20.9. The standard InChI is InChI=1S/C17H24N4O2/c1-4-17(2,3)21-15(20-12-18)11-13-7-5-9-19-16(13)14(23)8-6-10-22/h5,7,9,22H,4,6,8,10-11H2,1-3H3,(H,20,21). The first-order chi connectivity index (χ1) is 10.9. The molecule has 0 spiro atoms. The molecule has 0 radical (unpaired) electrons. The number of Topliss-reactive ketones (excluding diaryl/α,β-unsaturated/α-hetero) is 1. The second-order valence-corrected chi connectivity index (χ2v) is 5.90. The Kier molecular flexibility index (Phi) is 7.36. The number of nitrogens with one attached hydrogen (secondary N) is 1. The Labute approximate surface area is 137 Å². The largest absolute Gasteiger partial charge is 0.396 e. The lowest BCUT2D eigenvalue weighted by atomic mass is 10.0. The fraction of sp³-hybridized carbons (Fsp3) is 0.529. The van der Waals surface area contributed by atoms with Crippen LogP contribution in [0.25, 0.3) is 0 Å². The van der Waals surface area contributed by atoms with Crippen LogP contribution in [0.1, 0.15) is 56.1 Å². The first-order valence-corrected chi connectivity index (χ1v) is 7.75. The molecule has 0 amide bonds. The van der Waals surface area contributed by atoms with Crippen molar-refractivity contribution in [3.05, 3.63) is 29.6 Å². The van der Waals surface area contributed by atoms with Crippen LogP contribution in [-0.4, -0.2) is 33.9 Å². The molecular weight excluding hydrogens is 292 g/mol. The van der Waals surface area contributed by atoms with Crippen molar-refractivity contribution in [2.24, 2.45) is 4.99 Å². The predicted molar refractivity (Wildman–Crippen MR) is 89.1 cm³/mol. The van der Waals surface area contributed by atoms with Crippen LogP contribution < -0.4 is 5.32 Å². The molecule has 1 heterocycles. The van der Waals surface area contributed by atoms with Crippen molar-refractivity contribution in [1.82, 2.24) is 10.3 Å². The maximum absolute atomic E-state index is 12.2. The monoisotopic (exact) mass is 316 g/mol. The third kappa shape index (κ3) is 6.17. The highest BCUT2D eigenvalue weighted by Crippen LogP contribution is 2.16. The van der Waals surface area contributed by atoms with Gasteiger partial charge in [0.15, 0.2) is 12.0 Å². The lowest BCUT2D eigenvalue weighted by Crippen LogP contribution is -2.27. The van der Waals surface area contributed by atoms with E-state index in [1.165, 1.54) is 0 Å². The summed E-state index contributed by atoms with van der Waals surface area (Å²) in [5.74, 6) is 0.407. The first-order valence-electron chi connectivity index (χ1n) is 7.75. The second kappa shape index (κ2) is 9.01. The van der Waals surface area contributed by atoms with Gasteiger partial charge in [0.25, 0.3) is 0 Å². The minimum atomic E-state index is -0.289. The molecule has 0 aliphatic heterocycles. The molecule has 6 heteroatoms. The van der Waals surface area contributed by atoms with E-state index in [0.717, 1.165) is 12.0 Å². The van der Waals surface area contributed by atoms with E-state index in [0.29, 0.717) is 24.4 Å². The number of rotatable bonds is 8. The van der Waals surface area contributed by atoms with Gasteiger partial charge >= 0.3 is 0 Å². The van der Waals surface area contributed by atoms with Crippen LogP contribution in [0.15, 0.2) is 23.3 Å². The van der Waals surface area contributed by atoms with E-state index in [1.54, 1.807) is 12.3 Å². The molecule has 6 nitrogen and oxygen atoms in total. The average Bonchev–Trinajstić information content (AvgIpc) is 2.53. The smallest absolute Gasteiger partial charge is 0.182 e. The maximum atomic E-state index is 12.2. The fourth-order valence-corrected chi connectivity index (χ4v) is 1.99. The Hall–Kier alpha value is -2.26. The highest BCUT2D eigenvalue weighted by molar-refractivity contribution is 5.97. The van der Waals surface area contributed by atoms with Crippen LogP contribution >= 0.6 is 0 Å². The Morgan fingerprint density at radius 2 is 2.26 bits per heavy atom. The number of ketones is 1. The Morgan fingerprint density at radius 3 is 2.87 bits per heavy atom. The van der Waals surface area contributed by atoms with Gasteiger partial charge in [-0.1, -0.05) is 13.0 Å². The number of aliphatic hydroxyl groups excluding tert-OH is 1. The van der Waals surface area contributed by atoms with Crippen molar-refractivity contribution in [1.29, 1.82) is 5.26 Å². The number of hydrogen-bond acceptors (Lipinski definition) is 5.